The Balaban J connectivity index is 0. The van der Waals surface area contributed by atoms with Crippen molar-refractivity contribution >= 4 is 41.3 Å². The molecular formula is C22H30O6S2. The minimum Gasteiger partial charge on any atom is -0.396 e. The summed E-state index contributed by atoms with van der Waals surface area (Å²) in [7, 11) is 0. The molecule has 0 saturated carbocycles. The van der Waals surface area contributed by atoms with Crippen LogP contribution >= 0.6 is 22.7 Å². The second-order valence-corrected chi connectivity index (χ2v) is 8.88. The quantitative estimate of drug-likeness (QED) is 0.417. The SMILES string of the molecule is Cc1ccc(CCCCC=O)s1.Cc1ccc(CCCCCO)s1.O=C=O.O=C=O. The summed E-state index contributed by atoms with van der Waals surface area (Å²) in [5, 5.41) is 8.57. The van der Waals surface area contributed by atoms with Crippen LogP contribution in [-0.4, -0.2) is 30.3 Å². The van der Waals surface area contributed by atoms with E-state index in [0.29, 0.717) is 13.0 Å². The van der Waals surface area contributed by atoms with Crippen LogP contribution in [0.3, 0.4) is 0 Å². The predicted octanol–water partition coefficient (Wildman–Crippen LogP) is 4.56. The van der Waals surface area contributed by atoms with Gasteiger partial charge in [-0.2, -0.15) is 19.2 Å². The standard InChI is InChI=1S/C10H16OS.C10H14OS.2CO2/c2*1-9-6-7-10(12-9)5-3-2-4-8-11;2*2-1-3/h6-7,11H,2-5,8H2,1H3;6-8H,2-5H2,1H3;;. The third-order valence-corrected chi connectivity index (χ3v) is 5.79. The highest BCUT2D eigenvalue weighted by Gasteiger charge is 1.96. The fourth-order valence-electron chi connectivity index (χ4n) is 2.35. The van der Waals surface area contributed by atoms with Gasteiger partial charge in [-0.25, -0.2) is 0 Å². The molecule has 0 atom stereocenters. The van der Waals surface area contributed by atoms with E-state index in [4.69, 9.17) is 24.3 Å². The summed E-state index contributed by atoms with van der Waals surface area (Å²) < 4.78 is 0. The van der Waals surface area contributed by atoms with Gasteiger partial charge in [0.2, 0.25) is 0 Å². The lowest BCUT2D eigenvalue weighted by Gasteiger charge is -1.95. The largest absolute Gasteiger partial charge is 0.396 e. The van der Waals surface area contributed by atoms with Gasteiger partial charge in [0.05, 0.1) is 0 Å². The molecule has 2 aromatic rings. The van der Waals surface area contributed by atoms with Crippen LogP contribution in [0.25, 0.3) is 0 Å². The van der Waals surface area contributed by atoms with E-state index in [1.165, 1.54) is 32.4 Å². The van der Waals surface area contributed by atoms with Gasteiger partial charge in [0.25, 0.3) is 0 Å². The molecule has 0 amide bonds. The van der Waals surface area contributed by atoms with E-state index < -0.39 is 0 Å². The Morgan fingerprint density at radius 3 is 1.53 bits per heavy atom. The number of hydrogen-bond acceptors (Lipinski definition) is 8. The van der Waals surface area contributed by atoms with E-state index >= 15 is 0 Å². The minimum atomic E-state index is 0.250. The summed E-state index contributed by atoms with van der Waals surface area (Å²) in [6.07, 6.45) is 9.99. The number of aliphatic hydroxyl groups is 1. The molecule has 0 aromatic carbocycles. The first-order chi connectivity index (χ1) is 14.5. The summed E-state index contributed by atoms with van der Waals surface area (Å²) >= 11 is 3.74. The van der Waals surface area contributed by atoms with Crippen LogP contribution in [-0.2, 0) is 36.8 Å². The van der Waals surface area contributed by atoms with Crippen molar-refractivity contribution in [2.45, 2.75) is 65.2 Å². The highest BCUT2D eigenvalue weighted by molar-refractivity contribution is 7.12. The zero-order chi connectivity index (χ0) is 23.0. The van der Waals surface area contributed by atoms with Crippen molar-refractivity contribution in [2.75, 3.05) is 6.61 Å². The Labute approximate surface area is 185 Å². The van der Waals surface area contributed by atoms with Crippen molar-refractivity contribution in [2.24, 2.45) is 0 Å². The molecule has 0 unspecified atom stereocenters. The average molecular weight is 455 g/mol. The van der Waals surface area contributed by atoms with Gasteiger partial charge in [0, 0.05) is 32.5 Å². The van der Waals surface area contributed by atoms with Gasteiger partial charge >= 0.3 is 12.3 Å². The Bertz CT molecular complexity index is 712. The number of hydrogen-bond donors (Lipinski definition) is 1. The molecule has 8 heteroatoms. The Morgan fingerprint density at radius 2 is 1.20 bits per heavy atom. The summed E-state index contributed by atoms with van der Waals surface area (Å²) in [4.78, 5) is 48.2. The number of aliphatic hydroxyl groups excluding tert-OH is 1. The first kappa shape index (κ1) is 30.0. The topological polar surface area (TPSA) is 106 Å². The van der Waals surface area contributed by atoms with Crippen LogP contribution in [0.4, 0.5) is 0 Å². The van der Waals surface area contributed by atoms with E-state index in [2.05, 4.69) is 38.1 Å². The number of carbonyl (C=O) groups is 1. The number of aryl methyl sites for hydroxylation is 4. The molecule has 0 bridgehead atoms. The average Bonchev–Trinajstić information content (AvgIpc) is 3.32. The molecule has 166 valence electrons. The highest BCUT2D eigenvalue weighted by atomic mass is 32.1. The molecule has 0 spiro atoms. The van der Waals surface area contributed by atoms with Crippen molar-refractivity contribution in [1.29, 1.82) is 0 Å². The van der Waals surface area contributed by atoms with Crippen LogP contribution in [0.2, 0.25) is 0 Å². The van der Waals surface area contributed by atoms with Gasteiger partial charge in [-0.15, -0.1) is 22.7 Å². The lowest BCUT2D eigenvalue weighted by atomic mass is 10.2. The minimum absolute atomic E-state index is 0.250. The van der Waals surface area contributed by atoms with Gasteiger partial charge in [-0.05, 0) is 76.6 Å². The molecule has 0 radical (unpaired) electrons. The number of thiophene rings is 2. The van der Waals surface area contributed by atoms with Crippen LogP contribution < -0.4 is 0 Å². The summed E-state index contributed by atoms with van der Waals surface area (Å²) in [5.41, 5.74) is 0. The number of rotatable bonds is 10. The maximum Gasteiger partial charge on any atom is 0.373 e. The zero-order valence-corrected chi connectivity index (χ0v) is 19.2. The summed E-state index contributed by atoms with van der Waals surface area (Å²) in [6, 6.07) is 8.71. The molecule has 2 aromatic heterocycles. The second-order valence-electron chi connectivity index (χ2n) is 6.14. The van der Waals surface area contributed by atoms with Crippen LogP contribution in [0.5, 0.6) is 0 Å². The summed E-state index contributed by atoms with van der Waals surface area (Å²) in [5.74, 6) is 0. The summed E-state index contributed by atoms with van der Waals surface area (Å²) in [6.45, 7) is 4.60. The molecule has 0 fully saturated rings. The van der Waals surface area contributed by atoms with Gasteiger partial charge in [-0.1, -0.05) is 6.42 Å². The first-order valence-electron chi connectivity index (χ1n) is 9.62. The predicted molar refractivity (Wildman–Crippen MR) is 116 cm³/mol. The maximum atomic E-state index is 10.0. The van der Waals surface area contributed by atoms with Crippen molar-refractivity contribution < 1.29 is 29.1 Å². The fraction of sp³-hybridized carbons (Fsp3) is 0.500. The lowest BCUT2D eigenvalue weighted by Crippen LogP contribution is -1.85. The normalized spacial score (nSPS) is 8.77. The maximum absolute atomic E-state index is 10.0. The van der Waals surface area contributed by atoms with E-state index in [0.717, 1.165) is 38.4 Å². The zero-order valence-electron chi connectivity index (χ0n) is 17.6. The monoisotopic (exact) mass is 454 g/mol. The third-order valence-electron chi connectivity index (χ3n) is 3.67. The van der Waals surface area contributed by atoms with E-state index in [-0.39, 0.29) is 12.3 Å². The second kappa shape index (κ2) is 23.1. The molecule has 2 rings (SSSR count). The van der Waals surface area contributed by atoms with Gasteiger partial charge in [-0.3, -0.25) is 0 Å². The van der Waals surface area contributed by atoms with Gasteiger partial charge in [0.15, 0.2) is 0 Å². The van der Waals surface area contributed by atoms with Crippen LogP contribution in [0.15, 0.2) is 24.3 Å². The fourth-order valence-corrected chi connectivity index (χ4v) is 4.22. The highest BCUT2D eigenvalue weighted by Crippen LogP contribution is 2.18. The lowest BCUT2D eigenvalue weighted by molar-refractivity contribution is -0.193. The molecule has 1 N–H and O–H groups in total. The first-order valence-corrected chi connectivity index (χ1v) is 11.3. The van der Waals surface area contributed by atoms with Crippen molar-refractivity contribution in [3.05, 3.63) is 43.8 Å². The Morgan fingerprint density at radius 1 is 0.767 bits per heavy atom. The van der Waals surface area contributed by atoms with Crippen molar-refractivity contribution in [1.82, 2.24) is 0 Å². The molecule has 0 aliphatic carbocycles. The molecule has 0 aliphatic heterocycles. The van der Waals surface area contributed by atoms with E-state index in [1.54, 1.807) is 0 Å². The number of aldehydes is 1. The van der Waals surface area contributed by atoms with Crippen LogP contribution in [0, 0.1) is 13.8 Å². The molecule has 2 heterocycles. The smallest absolute Gasteiger partial charge is 0.373 e. The molecule has 0 aliphatic rings. The van der Waals surface area contributed by atoms with Crippen molar-refractivity contribution in [3.8, 4) is 0 Å². The third kappa shape index (κ3) is 20.5. The number of unbranched alkanes of at least 4 members (excludes halogenated alkanes) is 4. The molecule has 6 nitrogen and oxygen atoms in total. The molecular weight excluding hydrogens is 424 g/mol. The van der Waals surface area contributed by atoms with E-state index in [9.17, 15) is 4.79 Å². The number of carbonyl (C=O) groups excluding carboxylic acids is 5. The van der Waals surface area contributed by atoms with Crippen LogP contribution in [0.1, 0.15) is 58.0 Å². The Hall–Kier alpha value is -2.21. The van der Waals surface area contributed by atoms with Crippen molar-refractivity contribution in [3.63, 3.8) is 0 Å². The molecule has 30 heavy (non-hydrogen) atoms. The van der Waals surface area contributed by atoms with E-state index in [1.807, 2.05) is 22.7 Å². The van der Waals surface area contributed by atoms with Gasteiger partial charge < -0.3 is 9.90 Å². The Kier molecular flexibility index (Phi) is 23.1. The molecule has 0 saturated heterocycles. The van der Waals surface area contributed by atoms with Gasteiger partial charge in [0.1, 0.15) is 6.29 Å².